The summed E-state index contributed by atoms with van der Waals surface area (Å²) in [7, 11) is 1.67. The lowest BCUT2D eigenvalue weighted by Gasteiger charge is -2.36. The van der Waals surface area contributed by atoms with Gasteiger partial charge in [-0.25, -0.2) is 4.39 Å². The second-order valence-electron chi connectivity index (χ2n) is 6.12. The van der Waals surface area contributed by atoms with Gasteiger partial charge in [0, 0.05) is 55.0 Å². The van der Waals surface area contributed by atoms with Crippen molar-refractivity contribution in [2.24, 2.45) is 0 Å². The van der Waals surface area contributed by atoms with Gasteiger partial charge >= 0.3 is 0 Å². The minimum Gasteiger partial charge on any atom is -0.497 e. The number of hydrogen-bond acceptors (Lipinski definition) is 4. The van der Waals surface area contributed by atoms with Crippen molar-refractivity contribution in [3.8, 4) is 5.75 Å². The van der Waals surface area contributed by atoms with E-state index in [1.807, 2.05) is 23.1 Å². The van der Waals surface area contributed by atoms with E-state index in [0.29, 0.717) is 12.2 Å². The van der Waals surface area contributed by atoms with E-state index in [1.165, 1.54) is 12.1 Å². The number of thioether (sulfide) groups is 1. The highest BCUT2D eigenvalue weighted by Gasteiger charge is 2.21. The van der Waals surface area contributed by atoms with E-state index in [2.05, 4.69) is 11.0 Å². The van der Waals surface area contributed by atoms with Crippen LogP contribution in [0.3, 0.4) is 0 Å². The number of ether oxygens (including phenoxy) is 1. The van der Waals surface area contributed by atoms with Gasteiger partial charge in [0.15, 0.2) is 0 Å². The number of piperazine rings is 1. The second-order valence-corrected chi connectivity index (χ2v) is 7.29. The maximum atomic E-state index is 12.9. The molecule has 138 valence electrons. The molecule has 0 radical (unpaired) electrons. The summed E-state index contributed by atoms with van der Waals surface area (Å²) in [5.41, 5.74) is 1.13. The Bertz CT molecular complexity index is 731. The molecule has 0 saturated carbocycles. The largest absolute Gasteiger partial charge is 0.497 e. The standard InChI is InChI=1S/C20H23FN2O2S/c1-25-18-4-2-3-17(15-18)22-10-12-23(13-11-22)20(24)9-14-26-19-7-5-16(21)6-8-19/h2-8,15H,9-14H2,1H3. The van der Waals surface area contributed by atoms with E-state index in [1.54, 1.807) is 31.0 Å². The number of anilines is 1. The lowest BCUT2D eigenvalue weighted by Crippen LogP contribution is -2.48. The van der Waals surface area contributed by atoms with Crippen LogP contribution in [0.2, 0.25) is 0 Å². The third-order valence-corrected chi connectivity index (χ3v) is 5.46. The van der Waals surface area contributed by atoms with Gasteiger partial charge in [-0.15, -0.1) is 11.8 Å². The van der Waals surface area contributed by atoms with E-state index in [0.717, 1.165) is 42.5 Å². The van der Waals surface area contributed by atoms with E-state index >= 15 is 0 Å². The van der Waals surface area contributed by atoms with Crippen LogP contribution in [-0.4, -0.2) is 49.8 Å². The van der Waals surface area contributed by atoms with Crippen molar-refractivity contribution in [3.63, 3.8) is 0 Å². The quantitative estimate of drug-likeness (QED) is 0.723. The molecule has 2 aromatic carbocycles. The van der Waals surface area contributed by atoms with Crippen LogP contribution in [0, 0.1) is 5.82 Å². The molecule has 0 bridgehead atoms. The summed E-state index contributed by atoms with van der Waals surface area (Å²) in [6.45, 7) is 3.11. The SMILES string of the molecule is COc1cccc(N2CCN(C(=O)CCSc3ccc(F)cc3)CC2)c1. The molecule has 3 rings (SSSR count). The third-order valence-electron chi connectivity index (χ3n) is 4.45. The van der Waals surface area contributed by atoms with Crippen LogP contribution in [0.15, 0.2) is 53.4 Å². The summed E-state index contributed by atoms with van der Waals surface area (Å²) in [5, 5.41) is 0. The number of carbonyl (C=O) groups excluding carboxylic acids is 1. The number of methoxy groups -OCH3 is 1. The molecule has 1 aliphatic heterocycles. The minimum atomic E-state index is -0.237. The number of carbonyl (C=O) groups is 1. The highest BCUT2D eigenvalue weighted by atomic mass is 32.2. The number of rotatable bonds is 6. The number of benzene rings is 2. The first-order valence-electron chi connectivity index (χ1n) is 8.71. The van der Waals surface area contributed by atoms with Crippen LogP contribution in [0.25, 0.3) is 0 Å². The van der Waals surface area contributed by atoms with Gasteiger partial charge in [-0.3, -0.25) is 4.79 Å². The predicted octanol–water partition coefficient (Wildman–Crippen LogP) is 3.67. The summed E-state index contributed by atoms with van der Waals surface area (Å²) >= 11 is 1.58. The minimum absolute atomic E-state index is 0.185. The molecule has 1 saturated heterocycles. The zero-order chi connectivity index (χ0) is 18.4. The van der Waals surface area contributed by atoms with Gasteiger partial charge in [0.1, 0.15) is 11.6 Å². The molecule has 0 atom stereocenters. The Morgan fingerprint density at radius 2 is 1.85 bits per heavy atom. The molecule has 4 nitrogen and oxygen atoms in total. The molecule has 1 fully saturated rings. The smallest absolute Gasteiger partial charge is 0.223 e. The Labute approximate surface area is 157 Å². The molecular weight excluding hydrogens is 351 g/mol. The summed E-state index contributed by atoms with van der Waals surface area (Å²) in [6, 6.07) is 14.4. The Morgan fingerprint density at radius 3 is 2.54 bits per heavy atom. The van der Waals surface area contributed by atoms with Gasteiger partial charge in [-0.05, 0) is 36.4 Å². The molecule has 0 N–H and O–H groups in total. The zero-order valence-electron chi connectivity index (χ0n) is 14.9. The third kappa shape index (κ3) is 4.91. The molecular formula is C20H23FN2O2S. The normalized spacial score (nSPS) is 14.4. The van der Waals surface area contributed by atoms with E-state index < -0.39 is 0 Å². The molecule has 0 unspecified atom stereocenters. The van der Waals surface area contributed by atoms with Gasteiger partial charge in [0.2, 0.25) is 5.91 Å². The Hall–Kier alpha value is -2.21. The summed E-state index contributed by atoms with van der Waals surface area (Å²) in [4.78, 5) is 17.6. The molecule has 0 spiro atoms. The average Bonchev–Trinajstić information content (AvgIpc) is 2.69. The molecule has 6 heteroatoms. The molecule has 2 aromatic rings. The van der Waals surface area contributed by atoms with E-state index in [-0.39, 0.29) is 11.7 Å². The summed E-state index contributed by atoms with van der Waals surface area (Å²) in [5.74, 6) is 1.50. The molecule has 1 heterocycles. The average molecular weight is 374 g/mol. The van der Waals surface area contributed by atoms with Crippen molar-refractivity contribution in [1.82, 2.24) is 4.90 Å². The van der Waals surface area contributed by atoms with Gasteiger partial charge in [-0.2, -0.15) is 0 Å². The molecule has 1 aliphatic rings. The Kier molecular flexibility index (Phi) is 6.39. The van der Waals surface area contributed by atoms with Crippen molar-refractivity contribution < 1.29 is 13.9 Å². The zero-order valence-corrected chi connectivity index (χ0v) is 15.7. The topological polar surface area (TPSA) is 32.8 Å². The van der Waals surface area contributed by atoms with Crippen molar-refractivity contribution in [2.75, 3.05) is 43.9 Å². The van der Waals surface area contributed by atoms with Crippen LogP contribution in [-0.2, 0) is 4.79 Å². The fraction of sp³-hybridized carbons (Fsp3) is 0.350. The first-order valence-corrected chi connectivity index (χ1v) is 9.69. The number of hydrogen-bond donors (Lipinski definition) is 0. The highest BCUT2D eigenvalue weighted by molar-refractivity contribution is 7.99. The number of amides is 1. The van der Waals surface area contributed by atoms with Crippen LogP contribution >= 0.6 is 11.8 Å². The first kappa shape index (κ1) is 18.6. The fourth-order valence-corrected chi connectivity index (χ4v) is 3.81. The lowest BCUT2D eigenvalue weighted by atomic mass is 10.2. The van der Waals surface area contributed by atoms with Crippen LogP contribution < -0.4 is 9.64 Å². The Balaban J connectivity index is 1.43. The fourth-order valence-electron chi connectivity index (χ4n) is 2.97. The maximum Gasteiger partial charge on any atom is 0.223 e. The highest BCUT2D eigenvalue weighted by Crippen LogP contribution is 2.23. The van der Waals surface area contributed by atoms with Crippen molar-refractivity contribution in [2.45, 2.75) is 11.3 Å². The molecule has 0 aromatic heterocycles. The van der Waals surface area contributed by atoms with Crippen molar-refractivity contribution in [3.05, 3.63) is 54.3 Å². The van der Waals surface area contributed by atoms with Crippen LogP contribution in [0.5, 0.6) is 5.75 Å². The van der Waals surface area contributed by atoms with Gasteiger partial charge in [0.25, 0.3) is 0 Å². The van der Waals surface area contributed by atoms with Gasteiger partial charge in [0.05, 0.1) is 7.11 Å². The van der Waals surface area contributed by atoms with Crippen LogP contribution in [0.4, 0.5) is 10.1 Å². The van der Waals surface area contributed by atoms with Gasteiger partial charge in [-0.1, -0.05) is 6.07 Å². The second kappa shape index (κ2) is 8.94. The van der Waals surface area contributed by atoms with E-state index in [4.69, 9.17) is 4.74 Å². The summed E-state index contributed by atoms with van der Waals surface area (Å²) in [6.07, 6.45) is 0.501. The van der Waals surface area contributed by atoms with E-state index in [9.17, 15) is 9.18 Å². The van der Waals surface area contributed by atoms with Crippen molar-refractivity contribution >= 4 is 23.4 Å². The monoisotopic (exact) mass is 374 g/mol. The van der Waals surface area contributed by atoms with Gasteiger partial charge < -0.3 is 14.5 Å². The molecule has 0 aliphatic carbocycles. The van der Waals surface area contributed by atoms with Crippen LogP contribution in [0.1, 0.15) is 6.42 Å². The Morgan fingerprint density at radius 1 is 1.12 bits per heavy atom. The lowest BCUT2D eigenvalue weighted by molar-refractivity contribution is -0.131. The van der Waals surface area contributed by atoms with Crippen molar-refractivity contribution in [1.29, 1.82) is 0 Å². The number of halogens is 1. The predicted molar refractivity (Wildman–Crippen MR) is 104 cm³/mol. The molecule has 1 amide bonds. The number of nitrogens with zero attached hydrogens (tertiary/aromatic N) is 2. The summed E-state index contributed by atoms with van der Waals surface area (Å²) < 4.78 is 18.2. The first-order chi connectivity index (χ1) is 12.7. The maximum absolute atomic E-state index is 12.9. The molecule has 26 heavy (non-hydrogen) atoms.